The van der Waals surface area contributed by atoms with Crippen LogP contribution in [0.3, 0.4) is 0 Å². The first-order valence-corrected chi connectivity index (χ1v) is 6.92. The van der Waals surface area contributed by atoms with Crippen LogP contribution in [-0.2, 0) is 0 Å². The Bertz CT molecular complexity index is 445. The van der Waals surface area contributed by atoms with E-state index in [9.17, 15) is 0 Å². The molecule has 0 radical (unpaired) electrons. The third-order valence-corrected chi connectivity index (χ3v) is 3.99. The smallest absolute Gasteiger partial charge is 0.124 e. The van der Waals surface area contributed by atoms with Crippen molar-refractivity contribution in [2.24, 2.45) is 5.73 Å². The van der Waals surface area contributed by atoms with Crippen LogP contribution in [-0.4, -0.2) is 18.4 Å². The highest BCUT2D eigenvalue weighted by Crippen LogP contribution is 2.29. The maximum absolute atomic E-state index is 7.45. The summed E-state index contributed by atoms with van der Waals surface area (Å²) in [4.78, 5) is 2.43. The van der Waals surface area contributed by atoms with Gasteiger partial charge in [0, 0.05) is 23.8 Å². The minimum Gasteiger partial charge on any atom is -0.384 e. The van der Waals surface area contributed by atoms with Gasteiger partial charge in [-0.3, -0.25) is 5.41 Å². The largest absolute Gasteiger partial charge is 0.384 e. The van der Waals surface area contributed by atoms with Crippen LogP contribution >= 0.6 is 11.6 Å². The first-order chi connectivity index (χ1) is 8.63. The molecule has 3 N–H and O–H groups in total. The second-order valence-corrected chi connectivity index (χ2v) is 5.24. The molecule has 2 rings (SSSR count). The van der Waals surface area contributed by atoms with E-state index in [2.05, 4.69) is 11.8 Å². The molecule has 98 valence electrons. The number of nitrogen functional groups attached to an aromatic ring is 1. The van der Waals surface area contributed by atoms with E-state index in [1.165, 1.54) is 19.3 Å². The van der Waals surface area contributed by atoms with Gasteiger partial charge in [-0.25, -0.2) is 0 Å². The molecule has 0 aliphatic carbocycles. The van der Waals surface area contributed by atoms with Gasteiger partial charge in [-0.15, -0.1) is 0 Å². The van der Waals surface area contributed by atoms with Crippen LogP contribution in [0.15, 0.2) is 18.2 Å². The number of anilines is 1. The van der Waals surface area contributed by atoms with E-state index >= 15 is 0 Å². The van der Waals surface area contributed by atoms with Gasteiger partial charge in [0.1, 0.15) is 5.84 Å². The van der Waals surface area contributed by atoms with Crippen LogP contribution in [0.2, 0.25) is 5.02 Å². The second-order valence-electron chi connectivity index (χ2n) is 4.83. The lowest BCUT2D eigenvalue weighted by molar-refractivity contribution is 0.450. The molecule has 1 fully saturated rings. The number of amidine groups is 1. The maximum atomic E-state index is 7.45. The zero-order valence-electron chi connectivity index (χ0n) is 10.7. The molecule has 1 saturated heterocycles. The highest BCUT2D eigenvalue weighted by molar-refractivity contribution is 6.34. The maximum Gasteiger partial charge on any atom is 0.124 e. The summed E-state index contributed by atoms with van der Waals surface area (Å²) in [6.07, 6.45) is 4.96. The summed E-state index contributed by atoms with van der Waals surface area (Å²) in [5, 5.41) is 8.02. The molecule has 1 aliphatic rings. The van der Waals surface area contributed by atoms with E-state index in [0.29, 0.717) is 16.6 Å². The molecule has 1 unspecified atom stereocenters. The van der Waals surface area contributed by atoms with Gasteiger partial charge in [-0.05, 0) is 43.9 Å². The zero-order chi connectivity index (χ0) is 13.1. The fourth-order valence-corrected chi connectivity index (χ4v) is 2.94. The van der Waals surface area contributed by atoms with Crippen LogP contribution in [0.4, 0.5) is 5.69 Å². The average molecular weight is 266 g/mol. The number of benzene rings is 1. The number of hydrogen-bond acceptors (Lipinski definition) is 2. The fraction of sp³-hybridized carbons (Fsp3) is 0.500. The predicted octanol–water partition coefficient (Wildman–Crippen LogP) is 3.39. The standard InChI is InChI=1S/C14H20ClN3/c1-2-10-5-3-4-8-18(10)11-6-7-12(14(16)17)13(15)9-11/h6-7,9-10H,2-5,8H2,1H3,(H3,16,17). The van der Waals surface area contributed by atoms with Crippen LogP contribution in [0.1, 0.15) is 38.2 Å². The lowest BCUT2D eigenvalue weighted by Crippen LogP contribution is -2.39. The Morgan fingerprint density at radius 2 is 2.28 bits per heavy atom. The highest BCUT2D eigenvalue weighted by Gasteiger charge is 2.21. The molecule has 0 saturated carbocycles. The molecule has 1 aromatic carbocycles. The lowest BCUT2D eigenvalue weighted by atomic mass is 9.99. The van der Waals surface area contributed by atoms with Gasteiger partial charge in [0.2, 0.25) is 0 Å². The quantitative estimate of drug-likeness (QED) is 0.650. The van der Waals surface area contributed by atoms with Crippen molar-refractivity contribution in [1.29, 1.82) is 5.41 Å². The van der Waals surface area contributed by atoms with Crippen molar-refractivity contribution >= 4 is 23.1 Å². The Balaban J connectivity index is 2.27. The molecule has 1 aliphatic heterocycles. The Labute approximate surface area is 113 Å². The van der Waals surface area contributed by atoms with E-state index in [-0.39, 0.29) is 5.84 Å². The summed E-state index contributed by atoms with van der Waals surface area (Å²) < 4.78 is 0. The van der Waals surface area contributed by atoms with Crippen molar-refractivity contribution in [1.82, 2.24) is 0 Å². The van der Waals surface area contributed by atoms with Gasteiger partial charge in [0.15, 0.2) is 0 Å². The molecule has 1 atom stereocenters. The Morgan fingerprint density at radius 3 is 2.89 bits per heavy atom. The molecule has 3 nitrogen and oxygen atoms in total. The zero-order valence-corrected chi connectivity index (χ0v) is 11.5. The molecule has 4 heteroatoms. The van der Waals surface area contributed by atoms with Gasteiger partial charge in [0.25, 0.3) is 0 Å². The SMILES string of the molecule is CCC1CCCCN1c1ccc(C(=N)N)c(Cl)c1. The molecule has 0 bridgehead atoms. The van der Waals surface area contributed by atoms with E-state index in [4.69, 9.17) is 22.7 Å². The van der Waals surface area contributed by atoms with Crippen LogP contribution in [0.25, 0.3) is 0 Å². The number of nitrogens with one attached hydrogen (secondary N) is 1. The van der Waals surface area contributed by atoms with Gasteiger partial charge in [-0.2, -0.15) is 0 Å². The van der Waals surface area contributed by atoms with Crippen LogP contribution < -0.4 is 10.6 Å². The normalized spacial score (nSPS) is 19.9. The summed E-state index contributed by atoms with van der Waals surface area (Å²) in [6.45, 7) is 3.32. The molecular formula is C14H20ClN3. The summed E-state index contributed by atoms with van der Waals surface area (Å²) in [6, 6.07) is 6.42. The number of rotatable bonds is 3. The predicted molar refractivity (Wildman–Crippen MR) is 77.7 cm³/mol. The lowest BCUT2D eigenvalue weighted by Gasteiger charge is -2.37. The molecule has 0 aromatic heterocycles. The summed E-state index contributed by atoms with van der Waals surface area (Å²) >= 11 is 6.19. The first kappa shape index (κ1) is 13.2. The first-order valence-electron chi connectivity index (χ1n) is 6.54. The Hall–Kier alpha value is -1.22. The van der Waals surface area contributed by atoms with Crippen molar-refractivity contribution in [3.63, 3.8) is 0 Å². The van der Waals surface area contributed by atoms with E-state index < -0.39 is 0 Å². The van der Waals surface area contributed by atoms with E-state index in [1.807, 2.05) is 18.2 Å². The number of halogens is 1. The van der Waals surface area contributed by atoms with Crippen molar-refractivity contribution in [2.75, 3.05) is 11.4 Å². The van der Waals surface area contributed by atoms with Gasteiger partial charge >= 0.3 is 0 Å². The summed E-state index contributed by atoms with van der Waals surface area (Å²) in [7, 11) is 0. The molecule has 1 heterocycles. The monoisotopic (exact) mass is 265 g/mol. The molecular weight excluding hydrogens is 246 g/mol. The van der Waals surface area contributed by atoms with E-state index in [1.54, 1.807) is 0 Å². The number of nitrogens with zero attached hydrogens (tertiary/aromatic N) is 1. The van der Waals surface area contributed by atoms with Crippen molar-refractivity contribution in [2.45, 2.75) is 38.6 Å². The van der Waals surface area contributed by atoms with Gasteiger partial charge in [-0.1, -0.05) is 18.5 Å². The Kier molecular flexibility index (Phi) is 4.12. The third-order valence-electron chi connectivity index (χ3n) is 3.67. The van der Waals surface area contributed by atoms with Crippen LogP contribution in [0, 0.1) is 5.41 Å². The molecule has 1 aromatic rings. The van der Waals surface area contributed by atoms with Crippen molar-refractivity contribution in [3.05, 3.63) is 28.8 Å². The molecule has 0 amide bonds. The van der Waals surface area contributed by atoms with Crippen LogP contribution in [0.5, 0.6) is 0 Å². The highest BCUT2D eigenvalue weighted by atomic mass is 35.5. The minimum absolute atomic E-state index is 0.0252. The second kappa shape index (κ2) is 5.61. The van der Waals surface area contributed by atoms with E-state index in [0.717, 1.165) is 18.7 Å². The summed E-state index contributed by atoms with van der Waals surface area (Å²) in [5.74, 6) is 0.0252. The minimum atomic E-state index is 0.0252. The fourth-order valence-electron chi connectivity index (χ4n) is 2.67. The summed E-state index contributed by atoms with van der Waals surface area (Å²) in [5.41, 5.74) is 7.25. The Morgan fingerprint density at radius 1 is 1.50 bits per heavy atom. The van der Waals surface area contributed by atoms with Crippen molar-refractivity contribution < 1.29 is 0 Å². The number of nitrogens with two attached hydrogens (primary N) is 1. The average Bonchev–Trinajstić information content (AvgIpc) is 2.38. The number of hydrogen-bond donors (Lipinski definition) is 2. The number of piperidine rings is 1. The van der Waals surface area contributed by atoms with Gasteiger partial charge < -0.3 is 10.6 Å². The van der Waals surface area contributed by atoms with Gasteiger partial charge in [0.05, 0.1) is 5.02 Å². The van der Waals surface area contributed by atoms with Crippen molar-refractivity contribution in [3.8, 4) is 0 Å². The third kappa shape index (κ3) is 2.61. The molecule has 18 heavy (non-hydrogen) atoms. The molecule has 0 spiro atoms. The topological polar surface area (TPSA) is 53.1 Å².